The Morgan fingerprint density at radius 3 is 2.68 bits per heavy atom. The standard InChI is InChI=1S/C17H12N6OS/c24-10-20-11-4-5-14(18-8-11)16-9-19-17(25-16)15-3-1-2-12(22-15)13-6-7-21-23-13/h1-10H,(H,20,24)(H,21,23). The maximum absolute atomic E-state index is 10.4. The second-order valence-corrected chi connectivity index (χ2v) is 6.13. The Morgan fingerprint density at radius 2 is 1.92 bits per heavy atom. The van der Waals surface area contributed by atoms with Gasteiger partial charge in [0.25, 0.3) is 0 Å². The normalized spacial score (nSPS) is 10.6. The molecule has 7 nitrogen and oxygen atoms in total. The Labute approximate surface area is 146 Å². The van der Waals surface area contributed by atoms with Gasteiger partial charge in [0.15, 0.2) is 0 Å². The minimum absolute atomic E-state index is 0.625. The summed E-state index contributed by atoms with van der Waals surface area (Å²) < 4.78 is 0. The van der Waals surface area contributed by atoms with Gasteiger partial charge in [-0.2, -0.15) is 5.10 Å². The Bertz CT molecular complexity index is 994. The van der Waals surface area contributed by atoms with Crippen molar-refractivity contribution in [2.24, 2.45) is 0 Å². The van der Waals surface area contributed by atoms with Crippen molar-refractivity contribution >= 4 is 23.4 Å². The van der Waals surface area contributed by atoms with Crippen molar-refractivity contribution in [3.8, 4) is 32.7 Å². The second kappa shape index (κ2) is 6.62. The van der Waals surface area contributed by atoms with E-state index in [2.05, 4.69) is 30.5 Å². The summed E-state index contributed by atoms with van der Waals surface area (Å²) in [6.07, 6.45) is 5.71. The number of hydrogen-bond donors (Lipinski definition) is 2. The lowest BCUT2D eigenvalue weighted by atomic mass is 10.2. The third-order valence-corrected chi connectivity index (χ3v) is 4.53. The molecule has 122 valence electrons. The van der Waals surface area contributed by atoms with Gasteiger partial charge >= 0.3 is 0 Å². The Hall–Kier alpha value is -3.39. The first-order valence-electron chi connectivity index (χ1n) is 7.43. The lowest BCUT2D eigenvalue weighted by molar-refractivity contribution is -0.105. The maximum Gasteiger partial charge on any atom is 0.211 e. The predicted molar refractivity (Wildman–Crippen MR) is 95.8 cm³/mol. The number of carbonyl (C=O) groups excluding carboxylic acids is 1. The number of H-pyrrole nitrogens is 1. The topological polar surface area (TPSA) is 96.5 Å². The maximum atomic E-state index is 10.4. The van der Waals surface area contributed by atoms with E-state index in [1.807, 2.05) is 30.3 Å². The molecule has 0 bridgehead atoms. The fourth-order valence-corrected chi connectivity index (χ4v) is 3.17. The fourth-order valence-electron chi connectivity index (χ4n) is 2.31. The summed E-state index contributed by atoms with van der Waals surface area (Å²) in [6.45, 7) is 0. The third-order valence-electron chi connectivity index (χ3n) is 3.49. The van der Waals surface area contributed by atoms with Crippen molar-refractivity contribution in [1.29, 1.82) is 0 Å². The number of thiazole rings is 1. The number of aromatic amines is 1. The van der Waals surface area contributed by atoms with E-state index in [1.165, 1.54) is 11.3 Å². The van der Waals surface area contributed by atoms with Crippen LogP contribution in [0.5, 0.6) is 0 Å². The molecule has 0 aliphatic rings. The van der Waals surface area contributed by atoms with E-state index in [-0.39, 0.29) is 0 Å². The number of nitrogens with zero attached hydrogens (tertiary/aromatic N) is 4. The lowest BCUT2D eigenvalue weighted by Crippen LogP contribution is -1.94. The van der Waals surface area contributed by atoms with Gasteiger partial charge in [0.2, 0.25) is 6.41 Å². The molecule has 0 aliphatic heterocycles. The van der Waals surface area contributed by atoms with Gasteiger partial charge in [-0.05, 0) is 30.3 Å². The number of rotatable bonds is 5. The molecule has 2 N–H and O–H groups in total. The molecule has 0 radical (unpaired) electrons. The highest BCUT2D eigenvalue weighted by atomic mass is 32.1. The van der Waals surface area contributed by atoms with Crippen LogP contribution in [0.3, 0.4) is 0 Å². The Kier molecular flexibility index (Phi) is 4.01. The number of nitrogens with one attached hydrogen (secondary N) is 2. The number of anilines is 1. The van der Waals surface area contributed by atoms with Crippen molar-refractivity contribution in [1.82, 2.24) is 25.1 Å². The molecule has 4 heterocycles. The molecule has 4 aromatic rings. The summed E-state index contributed by atoms with van der Waals surface area (Å²) in [4.78, 5) is 24.8. The van der Waals surface area contributed by atoms with Crippen molar-refractivity contribution in [3.05, 3.63) is 55.0 Å². The molecule has 0 fully saturated rings. The summed E-state index contributed by atoms with van der Waals surface area (Å²) in [5, 5.41) is 10.2. The van der Waals surface area contributed by atoms with Gasteiger partial charge < -0.3 is 5.32 Å². The predicted octanol–water partition coefficient (Wildman–Crippen LogP) is 3.23. The van der Waals surface area contributed by atoms with Crippen molar-refractivity contribution in [2.45, 2.75) is 0 Å². The Morgan fingerprint density at radius 1 is 1.00 bits per heavy atom. The van der Waals surface area contributed by atoms with Crippen LogP contribution in [-0.4, -0.2) is 31.6 Å². The van der Waals surface area contributed by atoms with Crippen LogP contribution in [0.1, 0.15) is 0 Å². The number of pyridine rings is 2. The molecule has 0 saturated carbocycles. The minimum atomic E-state index is 0.625. The third kappa shape index (κ3) is 3.15. The molecular weight excluding hydrogens is 336 g/mol. The fraction of sp³-hybridized carbons (Fsp3) is 0. The smallest absolute Gasteiger partial charge is 0.211 e. The number of hydrogen-bond acceptors (Lipinski definition) is 6. The molecule has 4 aromatic heterocycles. The molecule has 1 amide bonds. The molecule has 0 aliphatic carbocycles. The highest BCUT2D eigenvalue weighted by Crippen LogP contribution is 2.31. The average molecular weight is 348 g/mol. The van der Waals surface area contributed by atoms with Crippen LogP contribution in [0.15, 0.2) is 55.0 Å². The summed E-state index contributed by atoms with van der Waals surface area (Å²) in [6, 6.07) is 11.3. The van der Waals surface area contributed by atoms with E-state index in [0.717, 1.165) is 32.7 Å². The molecule has 0 spiro atoms. The van der Waals surface area contributed by atoms with Crippen molar-refractivity contribution in [3.63, 3.8) is 0 Å². The first-order valence-corrected chi connectivity index (χ1v) is 8.25. The zero-order valence-electron chi connectivity index (χ0n) is 12.9. The molecule has 4 rings (SSSR count). The molecular formula is C17H12N6OS. The molecule has 0 unspecified atom stereocenters. The van der Waals surface area contributed by atoms with E-state index >= 15 is 0 Å². The van der Waals surface area contributed by atoms with Crippen LogP contribution in [-0.2, 0) is 4.79 Å². The number of carbonyl (C=O) groups is 1. The summed E-state index contributed by atoms with van der Waals surface area (Å²) in [5.74, 6) is 0. The average Bonchev–Trinajstić information content (AvgIpc) is 3.35. The van der Waals surface area contributed by atoms with Crippen molar-refractivity contribution < 1.29 is 4.79 Å². The molecule has 0 atom stereocenters. The molecule has 0 aromatic carbocycles. The minimum Gasteiger partial charge on any atom is -0.327 e. The van der Waals surface area contributed by atoms with Crippen molar-refractivity contribution in [2.75, 3.05) is 5.32 Å². The van der Waals surface area contributed by atoms with E-state index in [0.29, 0.717) is 12.1 Å². The molecule has 8 heteroatoms. The molecule has 0 saturated heterocycles. The Balaban J connectivity index is 1.63. The van der Waals surface area contributed by atoms with Gasteiger partial charge in [-0.25, -0.2) is 9.97 Å². The van der Waals surface area contributed by atoms with Crippen LogP contribution in [0.2, 0.25) is 0 Å². The number of amides is 1. The zero-order chi connectivity index (χ0) is 17.1. The van der Waals surface area contributed by atoms with Gasteiger partial charge in [-0.1, -0.05) is 6.07 Å². The lowest BCUT2D eigenvalue weighted by Gasteiger charge is -2.00. The first-order chi connectivity index (χ1) is 12.3. The van der Waals surface area contributed by atoms with Gasteiger partial charge in [0.05, 0.1) is 39.5 Å². The summed E-state index contributed by atoms with van der Waals surface area (Å²) >= 11 is 1.51. The SMILES string of the molecule is O=CNc1ccc(-c2cnc(-c3cccc(-c4ccn[nH]4)n3)s2)nc1. The van der Waals surface area contributed by atoms with Crippen LogP contribution in [0.4, 0.5) is 5.69 Å². The highest BCUT2D eigenvalue weighted by Gasteiger charge is 2.10. The van der Waals surface area contributed by atoms with Crippen LogP contribution in [0, 0.1) is 0 Å². The summed E-state index contributed by atoms with van der Waals surface area (Å²) in [7, 11) is 0. The number of aromatic nitrogens is 5. The van der Waals surface area contributed by atoms with Gasteiger partial charge in [0.1, 0.15) is 5.01 Å². The van der Waals surface area contributed by atoms with Crippen LogP contribution < -0.4 is 5.32 Å². The van der Waals surface area contributed by atoms with E-state index in [1.54, 1.807) is 24.7 Å². The monoisotopic (exact) mass is 348 g/mol. The zero-order valence-corrected chi connectivity index (χ0v) is 13.7. The van der Waals surface area contributed by atoms with E-state index in [9.17, 15) is 4.79 Å². The van der Waals surface area contributed by atoms with E-state index < -0.39 is 0 Å². The second-order valence-electron chi connectivity index (χ2n) is 5.10. The van der Waals surface area contributed by atoms with Crippen LogP contribution in [0.25, 0.3) is 32.7 Å². The largest absolute Gasteiger partial charge is 0.327 e. The first kappa shape index (κ1) is 15.2. The van der Waals surface area contributed by atoms with Gasteiger partial charge in [-0.3, -0.25) is 14.9 Å². The van der Waals surface area contributed by atoms with Crippen LogP contribution >= 0.6 is 11.3 Å². The van der Waals surface area contributed by atoms with Gasteiger partial charge in [0, 0.05) is 12.4 Å². The summed E-state index contributed by atoms with van der Waals surface area (Å²) in [5.41, 5.74) is 3.91. The highest BCUT2D eigenvalue weighted by molar-refractivity contribution is 7.18. The quantitative estimate of drug-likeness (QED) is 0.540. The molecule has 25 heavy (non-hydrogen) atoms. The van der Waals surface area contributed by atoms with Gasteiger partial charge in [-0.15, -0.1) is 11.3 Å². The van der Waals surface area contributed by atoms with E-state index in [4.69, 9.17) is 0 Å².